The molecular formula is C10H6N4O3. The van der Waals surface area contributed by atoms with Crippen LogP contribution < -0.4 is 0 Å². The Morgan fingerprint density at radius 1 is 1.35 bits per heavy atom. The van der Waals surface area contributed by atoms with Crippen LogP contribution in [0.1, 0.15) is 0 Å². The van der Waals surface area contributed by atoms with Crippen LogP contribution in [-0.2, 0) is 0 Å². The highest BCUT2D eigenvalue weighted by molar-refractivity contribution is 5.86. The number of rotatable bonds is 2. The monoisotopic (exact) mass is 230 g/mol. The Hall–Kier alpha value is -2.70. The van der Waals surface area contributed by atoms with E-state index in [2.05, 4.69) is 15.2 Å². The van der Waals surface area contributed by atoms with Crippen molar-refractivity contribution < 1.29 is 9.34 Å². The molecule has 0 unspecified atom stereocenters. The molecule has 3 aromatic rings. The fourth-order valence-electron chi connectivity index (χ4n) is 1.63. The first-order valence-electron chi connectivity index (χ1n) is 4.78. The van der Waals surface area contributed by atoms with Crippen LogP contribution in [0.5, 0.6) is 0 Å². The molecule has 2 heterocycles. The molecule has 0 radical (unpaired) electrons. The molecule has 0 bridgehead atoms. The second-order valence-corrected chi connectivity index (χ2v) is 3.46. The first kappa shape index (κ1) is 9.52. The van der Waals surface area contributed by atoms with E-state index in [0.29, 0.717) is 17.1 Å². The third-order valence-corrected chi connectivity index (χ3v) is 2.41. The Kier molecular flexibility index (Phi) is 1.91. The Bertz CT molecular complexity index is 687. The van der Waals surface area contributed by atoms with Gasteiger partial charge in [0.05, 0.1) is 10.4 Å². The van der Waals surface area contributed by atoms with E-state index in [0.717, 1.165) is 5.39 Å². The zero-order valence-corrected chi connectivity index (χ0v) is 8.45. The lowest BCUT2D eigenvalue weighted by atomic mass is 10.2. The molecule has 0 saturated heterocycles. The van der Waals surface area contributed by atoms with Gasteiger partial charge in [0, 0.05) is 17.5 Å². The maximum absolute atomic E-state index is 10.6. The van der Waals surface area contributed by atoms with Crippen LogP contribution in [0, 0.1) is 10.1 Å². The van der Waals surface area contributed by atoms with Gasteiger partial charge in [0.15, 0.2) is 0 Å². The second kappa shape index (κ2) is 3.41. The van der Waals surface area contributed by atoms with Crippen LogP contribution in [0.2, 0.25) is 0 Å². The summed E-state index contributed by atoms with van der Waals surface area (Å²) in [7, 11) is 0. The fraction of sp³-hybridized carbons (Fsp3) is 0. The lowest BCUT2D eigenvalue weighted by Gasteiger charge is -1.90. The summed E-state index contributed by atoms with van der Waals surface area (Å²) in [5.41, 5.74) is 1.34. The standard InChI is InChI=1S/C10H6N4O3/c15-14(16)7-2-1-6-3-9(12-8(6)4-7)10-13-11-5-17-10/h1-5,12H. The summed E-state index contributed by atoms with van der Waals surface area (Å²) in [6.45, 7) is 0. The Balaban J connectivity index is 2.16. The smallest absolute Gasteiger partial charge is 0.271 e. The summed E-state index contributed by atoms with van der Waals surface area (Å²) in [6, 6.07) is 6.39. The van der Waals surface area contributed by atoms with E-state index in [9.17, 15) is 10.1 Å². The van der Waals surface area contributed by atoms with Crippen LogP contribution in [0.3, 0.4) is 0 Å². The zero-order valence-electron chi connectivity index (χ0n) is 8.45. The highest BCUT2D eigenvalue weighted by Crippen LogP contribution is 2.25. The molecule has 7 heteroatoms. The van der Waals surface area contributed by atoms with E-state index in [1.165, 1.54) is 18.5 Å². The van der Waals surface area contributed by atoms with E-state index < -0.39 is 4.92 Å². The van der Waals surface area contributed by atoms with Gasteiger partial charge in [-0.05, 0) is 12.1 Å². The van der Waals surface area contributed by atoms with Crippen molar-refractivity contribution in [3.05, 3.63) is 40.8 Å². The number of aromatic nitrogens is 3. The molecule has 0 atom stereocenters. The minimum Gasteiger partial charge on any atom is -0.422 e. The molecule has 0 spiro atoms. The number of benzene rings is 1. The molecular weight excluding hydrogens is 224 g/mol. The number of aromatic amines is 1. The molecule has 0 aliphatic heterocycles. The molecule has 2 aromatic heterocycles. The maximum Gasteiger partial charge on any atom is 0.271 e. The van der Waals surface area contributed by atoms with E-state index in [-0.39, 0.29) is 5.69 Å². The van der Waals surface area contributed by atoms with Gasteiger partial charge in [-0.1, -0.05) is 0 Å². The molecule has 0 fully saturated rings. The second-order valence-electron chi connectivity index (χ2n) is 3.46. The summed E-state index contributed by atoms with van der Waals surface area (Å²) in [4.78, 5) is 13.2. The van der Waals surface area contributed by atoms with Crippen LogP contribution >= 0.6 is 0 Å². The number of fused-ring (bicyclic) bond motifs is 1. The van der Waals surface area contributed by atoms with E-state index in [1.54, 1.807) is 12.1 Å². The number of nitrogens with one attached hydrogen (secondary N) is 1. The summed E-state index contributed by atoms with van der Waals surface area (Å²) in [6.07, 6.45) is 1.23. The van der Waals surface area contributed by atoms with E-state index in [1.807, 2.05) is 0 Å². The molecule has 84 valence electrons. The highest BCUT2D eigenvalue weighted by Gasteiger charge is 2.11. The van der Waals surface area contributed by atoms with E-state index in [4.69, 9.17) is 4.42 Å². The number of H-pyrrole nitrogens is 1. The van der Waals surface area contributed by atoms with Gasteiger partial charge in [-0.2, -0.15) is 0 Å². The number of nitro groups is 1. The summed E-state index contributed by atoms with van der Waals surface area (Å²) in [5, 5.41) is 18.8. The van der Waals surface area contributed by atoms with Crippen molar-refractivity contribution in [1.29, 1.82) is 0 Å². The van der Waals surface area contributed by atoms with Crippen LogP contribution in [0.15, 0.2) is 35.1 Å². The lowest BCUT2D eigenvalue weighted by Crippen LogP contribution is -1.86. The summed E-state index contributed by atoms with van der Waals surface area (Å²) < 4.78 is 5.04. The summed E-state index contributed by atoms with van der Waals surface area (Å²) >= 11 is 0. The van der Waals surface area contributed by atoms with Crippen molar-refractivity contribution in [2.45, 2.75) is 0 Å². The normalized spacial score (nSPS) is 10.8. The van der Waals surface area contributed by atoms with Gasteiger partial charge in [0.2, 0.25) is 6.39 Å². The molecule has 0 aliphatic rings. The Morgan fingerprint density at radius 3 is 2.94 bits per heavy atom. The van der Waals surface area contributed by atoms with Crippen molar-refractivity contribution in [3.63, 3.8) is 0 Å². The molecule has 7 nitrogen and oxygen atoms in total. The third kappa shape index (κ3) is 1.53. The number of hydrogen-bond acceptors (Lipinski definition) is 5. The largest absolute Gasteiger partial charge is 0.422 e. The summed E-state index contributed by atoms with van der Waals surface area (Å²) in [5.74, 6) is 0.351. The Labute approximate surface area is 94.2 Å². The number of non-ortho nitro benzene ring substituents is 1. The highest BCUT2D eigenvalue weighted by atomic mass is 16.6. The quantitative estimate of drug-likeness (QED) is 0.537. The molecule has 1 N–H and O–H groups in total. The first-order valence-corrected chi connectivity index (χ1v) is 4.78. The molecule has 17 heavy (non-hydrogen) atoms. The van der Waals surface area contributed by atoms with Crippen LogP contribution in [0.4, 0.5) is 5.69 Å². The van der Waals surface area contributed by atoms with Gasteiger partial charge >= 0.3 is 0 Å². The van der Waals surface area contributed by atoms with Crippen molar-refractivity contribution in [2.75, 3.05) is 0 Å². The van der Waals surface area contributed by atoms with Gasteiger partial charge in [0.1, 0.15) is 5.69 Å². The number of nitrogens with zero attached hydrogens (tertiary/aromatic N) is 3. The fourth-order valence-corrected chi connectivity index (χ4v) is 1.63. The van der Waals surface area contributed by atoms with Crippen LogP contribution in [-0.4, -0.2) is 20.1 Å². The SMILES string of the molecule is O=[N+]([O-])c1ccc2cc(-c3nnco3)[nH]c2c1. The van der Waals surface area contributed by atoms with Gasteiger partial charge < -0.3 is 9.40 Å². The van der Waals surface area contributed by atoms with Gasteiger partial charge in [-0.25, -0.2) is 0 Å². The minimum atomic E-state index is -0.438. The van der Waals surface area contributed by atoms with Crippen molar-refractivity contribution >= 4 is 16.6 Å². The maximum atomic E-state index is 10.6. The predicted octanol–water partition coefficient (Wildman–Crippen LogP) is 2.13. The third-order valence-electron chi connectivity index (χ3n) is 2.41. The van der Waals surface area contributed by atoms with Crippen molar-refractivity contribution in [1.82, 2.24) is 15.2 Å². The van der Waals surface area contributed by atoms with Crippen LogP contribution in [0.25, 0.3) is 22.5 Å². The van der Waals surface area contributed by atoms with Gasteiger partial charge in [0.25, 0.3) is 11.6 Å². The lowest BCUT2D eigenvalue weighted by molar-refractivity contribution is -0.384. The molecule has 3 rings (SSSR count). The van der Waals surface area contributed by atoms with Crippen molar-refractivity contribution in [3.8, 4) is 11.6 Å². The first-order chi connectivity index (χ1) is 8.24. The van der Waals surface area contributed by atoms with Crippen molar-refractivity contribution in [2.24, 2.45) is 0 Å². The topological polar surface area (TPSA) is 97.8 Å². The minimum absolute atomic E-state index is 0.0384. The Morgan fingerprint density at radius 2 is 2.24 bits per heavy atom. The zero-order chi connectivity index (χ0) is 11.8. The molecule has 1 aromatic carbocycles. The van der Waals surface area contributed by atoms with E-state index >= 15 is 0 Å². The predicted molar refractivity (Wildman–Crippen MR) is 58.2 cm³/mol. The van der Waals surface area contributed by atoms with Gasteiger partial charge in [-0.3, -0.25) is 10.1 Å². The molecule has 0 aliphatic carbocycles. The number of hydrogen-bond donors (Lipinski definition) is 1. The molecule has 0 amide bonds. The average molecular weight is 230 g/mol. The number of nitro benzene ring substituents is 1. The molecule has 0 saturated carbocycles. The average Bonchev–Trinajstić information content (AvgIpc) is 2.96. The van der Waals surface area contributed by atoms with Gasteiger partial charge in [-0.15, -0.1) is 10.2 Å².